The third-order valence-electron chi connectivity index (χ3n) is 4.13. The van der Waals surface area contributed by atoms with Crippen LogP contribution >= 0.6 is 35.6 Å². The van der Waals surface area contributed by atoms with Crippen LogP contribution in [-0.4, -0.2) is 33.5 Å². The number of thiocarbonyl (C=S) groups is 1. The smallest absolute Gasteiger partial charge is 0.213 e. The largest absolute Gasteiger partial charge is 0.361 e. The van der Waals surface area contributed by atoms with Gasteiger partial charge < -0.3 is 9.88 Å². The van der Waals surface area contributed by atoms with Gasteiger partial charge in [0.2, 0.25) is 5.95 Å². The van der Waals surface area contributed by atoms with E-state index < -0.39 is 0 Å². The molecule has 2 heterocycles. The van der Waals surface area contributed by atoms with Gasteiger partial charge in [0.15, 0.2) is 5.11 Å². The van der Waals surface area contributed by atoms with E-state index in [0.717, 1.165) is 47.0 Å². The van der Waals surface area contributed by atoms with E-state index in [-0.39, 0.29) is 0 Å². The Hall–Kier alpha value is -1.76. The maximum Gasteiger partial charge on any atom is 0.213 e. The Labute approximate surface area is 161 Å². The minimum Gasteiger partial charge on any atom is -0.361 e. The summed E-state index contributed by atoms with van der Waals surface area (Å²) in [6.07, 6.45) is 0. The third-order valence-corrected chi connectivity index (χ3v) is 5.76. The van der Waals surface area contributed by atoms with Gasteiger partial charge in [0.05, 0.1) is 11.0 Å². The highest BCUT2D eigenvalue weighted by atomic mass is 35.5. The molecule has 0 atom stereocenters. The van der Waals surface area contributed by atoms with Gasteiger partial charge in [-0.15, -0.1) is 11.8 Å². The van der Waals surface area contributed by atoms with Gasteiger partial charge in [-0.05, 0) is 48.6 Å². The second-order valence-electron chi connectivity index (χ2n) is 5.74. The van der Waals surface area contributed by atoms with Crippen LogP contribution < -0.4 is 10.2 Å². The Morgan fingerprint density at radius 1 is 1.16 bits per heavy atom. The molecule has 0 saturated carbocycles. The number of benzene rings is 2. The monoisotopic (exact) mass is 388 g/mol. The minimum atomic E-state index is 0.741. The maximum absolute atomic E-state index is 5.91. The summed E-state index contributed by atoms with van der Waals surface area (Å²) in [4.78, 5) is 8.02. The number of aromatic nitrogens is 2. The highest BCUT2D eigenvalue weighted by Crippen LogP contribution is 2.27. The number of rotatable bonds is 4. The van der Waals surface area contributed by atoms with Gasteiger partial charge in [0.25, 0.3) is 0 Å². The van der Waals surface area contributed by atoms with Crippen LogP contribution in [0.1, 0.15) is 0 Å². The topological polar surface area (TPSA) is 33.1 Å². The molecule has 7 heteroatoms. The molecule has 2 aromatic carbocycles. The molecule has 0 fully saturated rings. The van der Waals surface area contributed by atoms with Crippen molar-refractivity contribution in [2.75, 3.05) is 23.7 Å². The van der Waals surface area contributed by atoms with Crippen molar-refractivity contribution < 1.29 is 0 Å². The molecule has 0 spiro atoms. The molecule has 0 amide bonds. The van der Waals surface area contributed by atoms with Crippen LogP contribution in [0, 0.1) is 0 Å². The Morgan fingerprint density at radius 2 is 1.96 bits per heavy atom. The van der Waals surface area contributed by atoms with Gasteiger partial charge in [-0.25, -0.2) is 4.98 Å². The molecule has 1 aliphatic rings. The van der Waals surface area contributed by atoms with Gasteiger partial charge in [-0.1, -0.05) is 23.7 Å². The standard InChI is InChI=1S/C18H17ClN4S2/c19-13-5-7-14(8-6-13)25-12-9-20-18(24)23-11-10-22-16-4-2-1-3-15(16)21-17(22)23/h1-8H,9-12H2,(H,20,24). The predicted octanol–water partition coefficient (Wildman–Crippen LogP) is 4.18. The first kappa shape index (κ1) is 16.7. The SMILES string of the molecule is S=C(NCCSc1ccc(Cl)cc1)N1CCn2c1nc1ccccc12. The van der Waals surface area contributed by atoms with Crippen LogP contribution in [-0.2, 0) is 6.54 Å². The van der Waals surface area contributed by atoms with Crippen molar-refractivity contribution in [2.45, 2.75) is 11.4 Å². The summed E-state index contributed by atoms with van der Waals surface area (Å²) in [5, 5.41) is 4.85. The third kappa shape index (κ3) is 3.47. The average molecular weight is 389 g/mol. The highest BCUT2D eigenvalue weighted by Gasteiger charge is 2.25. The number of nitrogens with zero attached hydrogens (tertiary/aromatic N) is 3. The van der Waals surface area contributed by atoms with E-state index in [4.69, 9.17) is 28.8 Å². The summed E-state index contributed by atoms with van der Waals surface area (Å²) in [5.41, 5.74) is 2.18. The lowest BCUT2D eigenvalue weighted by Crippen LogP contribution is -2.40. The van der Waals surface area contributed by atoms with E-state index in [1.165, 1.54) is 10.4 Å². The van der Waals surface area contributed by atoms with E-state index in [1.807, 2.05) is 42.5 Å². The fourth-order valence-electron chi connectivity index (χ4n) is 2.93. The number of hydrogen-bond acceptors (Lipinski definition) is 3. The first-order chi connectivity index (χ1) is 12.2. The molecule has 25 heavy (non-hydrogen) atoms. The zero-order chi connectivity index (χ0) is 17.2. The lowest BCUT2D eigenvalue weighted by Gasteiger charge is -2.18. The summed E-state index contributed by atoms with van der Waals surface area (Å²) in [6, 6.07) is 16.1. The van der Waals surface area contributed by atoms with Crippen LogP contribution in [0.4, 0.5) is 5.95 Å². The number of imidazole rings is 1. The molecule has 0 bridgehead atoms. The first-order valence-corrected chi connectivity index (χ1v) is 9.88. The van der Waals surface area contributed by atoms with Crippen molar-refractivity contribution in [3.63, 3.8) is 0 Å². The predicted molar refractivity (Wildman–Crippen MR) is 110 cm³/mol. The molecule has 128 valence electrons. The summed E-state index contributed by atoms with van der Waals surface area (Å²) >= 11 is 13.3. The molecule has 4 rings (SSSR count). The van der Waals surface area contributed by atoms with Crippen molar-refractivity contribution >= 4 is 57.7 Å². The molecule has 4 nitrogen and oxygen atoms in total. The lowest BCUT2D eigenvalue weighted by molar-refractivity contribution is 0.824. The van der Waals surface area contributed by atoms with Crippen molar-refractivity contribution in [1.82, 2.24) is 14.9 Å². The van der Waals surface area contributed by atoms with Crippen LogP contribution in [0.15, 0.2) is 53.4 Å². The van der Waals surface area contributed by atoms with Gasteiger partial charge in [-0.3, -0.25) is 4.90 Å². The molecule has 1 aliphatic heterocycles. The highest BCUT2D eigenvalue weighted by molar-refractivity contribution is 7.99. The second-order valence-corrected chi connectivity index (χ2v) is 7.73. The molecule has 3 aromatic rings. The Kier molecular flexibility index (Phi) is 4.83. The number of halogens is 1. The van der Waals surface area contributed by atoms with Crippen LogP contribution in [0.25, 0.3) is 11.0 Å². The Morgan fingerprint density at radius 3 is 2.80 bits per heavy atom. The number of thioether (sulfide) groups is 1. The fraction of sp³-hybridized carbons (Fsp3) is 0.222. The number of para-hydroxylation sites is 2. The van der Waals surface area contributed by atoms with Crippen LogP contribution in [0.3, 0.4) is 0 Å². The van der Waals surface area contributed by atoms with E-state index in [2.05, 4.69) is 20.9 Å². The number of anilines is 1. The molecule has 0 radical (unpaired) electrons. The van der Waals surface area contributed by atoms with E-state index in [9.17, 15) is 0 Å². The Balaban J connectivity index is 1.34. The molecule has 1 aromatic heterocycles. The van der Waals surface area contributed by atoms with Gasteiger partial charge in [0.1, 0.15) is 0 Å². The zero-order valence-corrected chi connectivity index (χ0v) is 15.9. The molecule has 1 N–H and O–H groups in total. The quantitative estimate of drug-likeness (QED) is 0.412. The summed E-state index contributed by atoms with van der Waals surface area (Å²) in [5.74, 6) is 1.87. The molecular formula is C18H17ClN4S2. The van der Waals surface area contributed by atoms with Crippen LogP contribution in [0.2, 0.25) is 5.02 Å². The van der Waals surface area contributed by atoms with Crippen molar-refractivity contribution in [2.24, 2.45) is 0 Å². The molecule has 0 saturated heterocycles. The molecule has 0 aliphatic carbocycles. The van der Waals surface area contributed by atoms with Crippen molar-refractivity contribution in [3.8, 4) is 0 Å². The number of nitrogens with one attached hydrogen (secondary N) is 1. The van der Waals surface area contributed by atoms with Gasteiger partial charge in [-0.2, -0.15) is 0 Å². The van der Waals surface area contributed by atoms with Gasteiger partial charge >= 0.3 is 0 Å². The normalized spacial score (nSPS) is 13.2. The summed E-state index contributed by atoms with van der Waals surface area (Å²) in [6.45, 7) is 2.59. The lowest BCUT2D eigenvalue weighted by atomic mass is 10.3. The second kappa shape index (κ2) is 7.23. The summed E-state index contributed by atoms with van der Waals surface area (Å²) in [7, 11) is 0. The van der Waals surface area contributed by atoms with E-state index in [0.29, 0.717) is 0 Å². The van der Waals surface area contributed by atoms with Crippen LogP contribution in [0.5, 0.6) is 0 Å². The maximum atomic E-state index is 5.91. The average Bonchev–Trinajstić information content (AvgIpc) is 3.19. The van der Waals surface area contributed by atoms with Gasteiger partial charge in [0, 0.05) is 35.3 Å². The fourth-order valence-corrected chi connectivity index (χ4v) is 4.10. The minimum absolute atomic E-state index is 0.741. The molecular weight excluding hydrogens is 372 g/mol. The van der Waals surface area contributed by atoms with E-state index >= 15 is 0 Å². The number of hydrogen-bond donors (Lipinski definition) is 1. The van der Waals surface area contributed by atoms with Crippen molar-refractivity contribution in [3.05, 3.63) is 53.6 Å². The van der Waals surface area contributed by atoms with E-state index in [1.54, 1.807) is 11.8 Å². The summed E-state index contributed by atoms with van der Waals surface area (Å²) < 4.78 is 2.23. The Bertz CT molecular complexity index is 907. The molecule has 0 unspecified atom stereocenters. The number of fused-ring (bicyclic) bond motifs is 3. The zero-order valence-electron chi connectivity index (χ0n) is 13.5. The van der Waals surface area contributed by atoms with Crippen molar-refractivity contribution in [1.29, 1.82) is 0 Å². The first-order valence-electron chi connectivity index (χ1n) is 8.11.